The van der Waals surface area contributed by atoms with E-state index in [4.69, 9.17) is 5.73 Å². The number of piperidine rings is 1. The molecule has 0 aliphatic carbocycles. The van der Waals surface area contributed by atoms with Gasteiger partial charge in [-0.25, -0.2) is 0 Å². The zero-order chi connectivity index (χ0) is 16.9. The van der Waals surface area contributed by atoms with Gasteiger partial charge in [0.2, 0.25) is 0 Å². The summed E-state index contributed by atoms with van der Waals surface area (Å²) in [5.41, 5.74) is 7.52. The minimum Gasteiger partial charge on any atom is -0.398 e. The Bertz CT molecular complexity index is 728. The van der Waals surface area contributed by atoms with Crippen molar-refractivity contribution in [1.29, 1.82) is 0 Å². The lowest BCUT2D eigenvalue weighted by atomic mass is 10.0. The van der Waals surface area contributed by atoms with Crippen LogP contribution < -0.4 is 11.1 Å². The second kappa shape index (κ2) is 8.53. The van der Waals surface area contributed by atoms with E-state index in [1.807, 2.05) is 35.2 Å². The fraction of sp³-hybridized carbons (Fsp3) is 0.263. The van der Waals surface area contributed by atoms with Gasteiger partial charge in [-0.2, -0.15) is 0 Å². The highest BCUT2D eigenvalue weighted by molar-refractivity contribution is 5.99. The van der Waals surface area contributed by atoms with Crippen LogP contribution in [0.25, 0.3) is 0 Å². The maximum Gasteiger partial charge on any atom is 0.253 e. The Balaban J connectivity index is 0.00000225. The average Bonchev–Trinajstić information content (AvgIpc) is 2.63. The van der Waals surface area contributed by atoms with Gasteiger partial charge in [0.05, 0.1) is 5.56 Å². The number of nitrogens with two attached hydrogens (primary N) is 1. The zero-order valence-corrected chi connectivity index (χ0v) is 14.7. The molecule has 0 bridgehead atoms. The molecule has 2 aromatic carbocycles. The maximum absolute atomic E-state index is 12.4. The van der Waals surface area contributed by atoms with Gasteiger partial charge in [-0.3, -0.25) is 9.59 Å². The van der Waals surface area contributed by atoms with Crippen molar-refractivity contribution in [3.05, 3.63) is 65.7 Å². The van der Waals surface area contributed by atoms with Crippen LogP contribution in [0.5, 0.6) is 0 Å². The molecule has 0 spiro atoms. The first-order valence-electron chi connectivity index (χ1n) is 8.15. The molecule has 1 aliphatic rings. The second-order valence-corrected chi connectivity index (χ2v) is 5.99. The molecule has 2 aromatic rings. The topological polar surface area (TPSA) is 75.4 Å². The first kappa shape index (κ1) is 18.8. The molecule has 132 valence electrons. The van der Waals surface area contributed by atoms with Gasteiger partial charge < -0.3 is 16.0 Å². The van der Waals surface area contributed by atoms with Gasteiger partial charge in [0.25, 0.3) is 11.8 Å². The van der Waals surface area contributed by atoms with Gasteiger partial charge in [0.15, 0.2) is 0 Å². The number of likely N-dealkylation sites (tertiary alicyclic amines) is 1. The van der Waals surface area contributed by atoms with Crippen LogP contribution >= 0.6 is 12.4 Å². The van der Waals surface area contributed by atoms with Crippen molar-refractivity contribution in [2.24, 2.45) is 0 Å². The number of anilines is 1. The Kier molecular flexibility index (Phi) is 6.42. The number of rotatable bonds is 3. The number of hydrogen-bond acceptors (Lipinski definition) is 3. The number of hydrogen-bond donors (Lipinski definition) is 2. The van der Waals surface area contributed by atoms with Crippen LogP contribution in [0.15, 0.2) is 54.6 Å². The van der Waals surface area contributed by atoms with Crippen LogP contribution in [0.1, 0.15) is 33.6 Å². The molecular formula is C19H22ClN3O2. The fourth-order valence-electron chi connectivity index (χ4n) is 2.96. The standard InChI is InChI=1S/C19H21N3O2.ClH/c20-17-9-5-4-8-16(17)18(23)21-15-10-12-22(13-11-15)19(24)14-6-2-1-3-7-14;/h1-9,15H,10-13,20H2,(H,21,23);1H. The molecule has 1 fully saturated rings. The Morgan fingerprint density at radius 2 is 1.56 bits per heavy atom. The van der Waals surface area contributed by atoms with Gasteiger partial charge in [0.1, 0.15) is 0 Å². The largest absolute Gasteiger partial charge is 0.398 e. The first-order chi connectivity index (χ1) is 11.6. The van der Waals surface area contributed by atoms with Crippen molar-refractivity contribution in [1.82, 2.24) is 10.2 Å². The molecule has 5 nitrogen and oxygen atoms in total. The number of amides is 2. The highest BCUT2D eigenvalue weighted by atomic mass is 35.5. The molecular weight excluding hydrogens is 338 g/mol. The summed E-state index contributed by atoms with van der Waals surface area (Å²) in [5, 5.41) is 3.02. The molecule has 1 heterocycles. The number of nitrogens with one attached hydrogen (secondary N) is 1. The van der Waals surface area contributed by atoms with E-state index >= 15 is 0 Å². The van der Waals surface area contributed by atoms with Crippen molar-refractivity contribution in [2.45, 2.75) is 18.9 Å². The van der Waals surface area contributed by atoms with Crippen LogP contribution in [0.3, 0.4) is 0 Å². The highest BCUT2D eigenvalue weighted by Gasteiger charge is 2.25. The van der Waals surface area contributed by atoms with Gasteiger partial charge >= 0.3 is 0 Å². The SMILES string of the molecule is Cl.Nc1ccccc1C(=O)NC1CCN(C(=O)c2ccccc2)CC1. The van der Waals surface area contributed by atoms with Crippen LogP contribution in [0.2, 0.25) is 0 Å². The number of carbonyl (C=O) groups excluding carboxylic acids is 2. The zero-order valence-electron chi connectivity index (χ0n) is 13.9. The molecule has 0 saturated carbocycles. The number of benzene rings is 2. The Hall–Kier alpha value is -2.53. The molecule has 0 aromatic heterocycles. The van der Waals surface area contributed by atoms with Crippen LogP contribution in [-0.4, -0.2) is 35.8 Å². The van der Waals surface area contributed by atoms with Crippen LogP contribution in [0.4, 0.5) is 5.69 Å². The third kappa shape index (κ3) is 4.51. The van der Waals surface area contributed by atoms with Gasteiger partial charge in [-0.05, 0) is 37.1 Å². The van der Waals surface area contributed by atoms with E-state index in [-0.39, 0.29) is 30.3 Å². The summed E-state index contributed by atoms with van der Waals surface area (Å²) in [7, 11) is 0. The monoisotopic (exact) mass is 359 g/mol. The Morgan fingerprint density at radius 1 is 0.960 bits per heavy atom. The van der Waals surface area contributed by atoms with Gasteiger partial charge in [-0.1, -0.05) is 30.3 Å². The summed E-state index contributed by atoms with van der Waals surface area (Å²) in [6, 6.07) is 16.4. The number of carbonyl (C=O) groups is 2. The predicted molar refractivity (Wildman–Crippen MR) is 101 cm³/mol. The number of halogens is 1. The lowest BCUT2D eigenvalue weighted by Crippen LogP contribution is -2.46. The van der Waals surface area contributed by atoms with Crippen molar-refractivity contribution in [2.75, 3.05) is 18.8 Å². The normalized spacial score (nSPS) is 14.5. The van der Waals surface area contributed by atoms with Crippen molar-refractivity contribution in [3.8, 4) is 0 Å². The van der Waals surface area contributed by atoms with E-state index in [1.165, 1.54) is 0 Å². The van der Waals surface area contributed by atoms with E-state index in [2.05, 4.69) is 5.32 Å². The number of para-hydroxylation sites is 1. The molecule has 6 heteroatoms. The summed E-state index contributed by atoms with van der Waals surface area (Å²) in [4.78, 5) is 26.6. The lowest BCUT2D eigenvalue weighted by molar-refractivity contribution is 0.0698. The second-order valence-electron chi connectivity index (χ2n) is 5.99. The molecule has 0 unspecified atom stereocenters. The van der Waals surface area contributed by atoms with Crippen molar-refractivity contribution >= 4 is 29.9 Å². The van der Waals surface area contributed by atoms with Crippen molar-refractivity contribution in [3.63, 3.8) is 0 Å². The Morgan fingerprint density at radius 3 is 2.20 bits per heavy atom. The van der Waals surface area contributed by atoms with Crippen LogP contribution in [-0.2, 0) is 0 Å². The predicted octanol–water partition coefficient (Wildman–Crippen LogP) is 2.73. The molecule has 3 rings (SSSR count). The smallest absolute Gasteiger partial charge is 0.253 e. The summed E-state index contributed by atoms with van der Waals surface area (Å²) in [6.45, 7) is 1.28. The number of nitrogens with zero attached hydrogens (tertiary/aromatic N) is 1. The molecule has 1 aliphatic heterocycles. The maximum atomic E-state index is 12.4. The number of nitrogen functional groups attached to an aromatic ring is 1. The summed E-state index contributed by atoms with van der Waals surface area (Å²) in [6.07, 6.45) is 1.49. The van der Waals surface area contributed by atoms with E-state index in [0.717, 1.165) is 12.8 Å². The molecule has 3 N–H and O–H groups in total. The highest BCUT2D eigenvalue weighted by Crippen LogP contribution is 2.16. The minimum atomic E-state index is -0.152. The summed E-state index contributed by atoms with van der Waals surface area (Å²) < 4.78 is 0. The first-order valence-corrected chi connectivity index (χ1v) is 8.15. The third-order valence-electron chi connectivity index (χ3n) is 4.34. The molecule has 2 amide bonds. The minimum absolute atomic E-state index is 0. The van der Waals surface area contributed by atoms with Crippen molar-refractivity contribution < 1.29 is 9.59 Å². The van der Waals surface area contributed by atoms with E-state index in [9.17, 15) is 9.59 Å². The molecule has 0 radical (unpaired) electrons. The summed E-state index contributed by atoms with van der Waals surface area (Å²) in [5.74, 6) is -0.103. The van der Waals surface area contributed by atoms with Gasteiger partial charge in [0, 0.05) is 30.4 Å². The fourth-order valence-corrected chi connectivity index (χ4v) is 2.96. The molecule has 0 atom stereocenters. The summed E-state index contributed by atoms with van der Waals surface area (Å²) >= 11 is 0. The van der Waals surface area contributed by atoms with Crippen LogP contribution in [0, 0.1) is 0 Å². The Labute approximate surface area is 153 Å². The average molecular weight is 360 g/mol. The molecule has 1 saturated heterocycles. The van der Waals surface area contributed by atoms with E-state index < -0.39 is 0 Å². The third-order valence-corrected chi connectivity index (χ3v) is 4.34. The lowest BCUT2D eigenvalue weighted by Gasteiger charge is -2.32. The molecule has 25 heavy (non-hydrogen) atoms. The van der Waals surface area contributed by atoms with E-state index in [0.29, 0.717) is 29.9 Å². The van der Waals surface area contributed by atoms with E-state index in [1.54, 1.807) is 24.3 Å². The quantitative estimate of drug-likeness (QED) is 0.827. The van der Waals surface area contributed by atoms with Gasteiger partial charge in [-0.15, -0.1) is 12.4 Å².